The summed E-state index contributed by atoms with van der Waals surface area (Å²) in [5.74, 6) is -0.394. The van der Waals surface area contributed by atoms with Gasteiger partial charge in [0.1, 0.15) is 12.5 Å². The van der Waals surface area contributed by atoms with Crippen molar-refractivity contribution in [1.82, 2.24) is 20.0 Å². The zero-order valence-electron chi connectivity index (χ0n) is 22.3. The Morgan fingerprint density at radius 3 is 2.62 bits per heavy atom. The molecule has 0 bridgehead atoms. The number of hydrogen-bond donors (Lipinski definition) is 3. The van der Waals surface area contributed by atoms with E-state index in [0.717, 1.165) is 21.7 Å². The standard InChI is InChI=1S/C28H32Cl2F3N5O2/c1-4-6-7-22(30)20(5-2)24-21-16-27(3,40)13-12-23(21)38(36-24)17-35-26(39)37(15-14-28(31,32)33)25(34)18-8-10-19(29)11-9-18/h4,6-11,34,40H,1,5,12-17H2,2-3H3,(H,35,39)/b7-6-,22-20-,34-25?. The molecule has 1 aromatic carbocycles. The van der Waals surface area contributed by atoms with Crippen LogP contribution in [0.1, 0.15) is 55.6 Å². The van der Waals surface area contributed by atoms with Crippen LogP contribution in [0.5, 0.6) is 0 Å². The molecule has 0 saturated heterocycles. The van der Waals surface area contributed by atoms with E-state index >= 15 is 0 Å². The van der Waals surface area contributed by atoms with E-state index in [0.29, 0.717) is 41.4 Å². The number of alkyl halides is 3. The van der Waals surface area contributed by atoms with Crippen molar-refractivity contribution in [2.45, 2.75) is 64.4 Å². The SMILES string of the molecule is C=C/C=C\C(Cl)=C(/CC)c1nn(CNC(=O)N(CCC(F)(F)F)C(=N)c2ccc(Cl)cc2)c2c1CC(C)(O)CC2. The van der Waals surface area contributed by atoms with E-state index in [-0.39, 0.29) is 12.2 Å². The van der Waals surface area contributed by atoms with Gasteiger partial charge in [-0.1, -0.05) is 48.9 Å². The van der Waals surface area contributed by atoms with Crippen molar-refractivity contribution in [2.75, 3.05) is 6.54 Å². The smallest absolute Gasteiger partial charge is 0.390 e. The molecule has 3 N–H and O–H groups in total. The maximum absolute atomic E-state index is 13.2. The highest BCUT2D eigenvalue weighted by atomic mass is 35.5. The normalized spacial score (nSPS) is 17.8. The molecule has 1 aliphatic rings. The number of nitrogens with one attached hydrogen (secondary N) is 2. The van der Waals surface area contributed by atoms with Crippen molar-refractivity contribution >= 4 is 40.6 Å². The quantitative estimate of drug-likeness (QED) is 0.168. The number of hydrogen-bond acceptors (Lipinski definition) is 4. The minimum Gasteiger partial charge on any atom is -0.390 e. The molecule has 216 valence electrons. The number of allylic oxidation sites excluding steroid dienone is 5. The Bertz CT molecular complexity index is 1310. The summed E-state index contributed by atoms with van der Waals surface area (Å²) in [5.41, 5.74) is 2.21. The molecular formula is C28H32Cl2F3N5O2. The van der Waals surface area contributed by atoms with Crippen LogP contribution in [0.3, 0.4) is 0 Å². The molecule has 3 rings (SSSR count). The van der Waals surface area contributed by atoms with Gasteiger partial charge >= 0.3 is 12.2 Å². The molecule has 40 heavy (non-hydrogen) atoms. The van der Waals surface area contributed by atoms with Crippen molar-refractivity contribution in [3.05, 3.63) is 81.6 Å². The largest absolute Gasteiger partial charge is 0.390 e. The van der Waals surface area contributed by atoms with Crippen LogP contribution in [0.25, 0.3) is 5.57 Å². The van der Waals surface area contributed by atoms with E-state index in [1.807, 2.05) is 6.92 Å². The number of fused-ring (bicyclic) bond motifs is 1. The lowest BCUT2D eigenvalue weighted by Crippen LogP contribution is -2.46. The Labute approximate surface area is 241 Å². The van der Waals surface area contributed by atoms with Crippen LogP contribution in [0.4, 0.5) is 18.0 Å². The third-order valence-electron chi connectivity index (χ3n) is 6.56. The molecule has 1 aliphatic carbocycles. The number of carbonyl (C=O) groups is 1. The minimum absolute atomic E-state index is 0.156. The van der Waals surface area contributed by atoms with Crippen molar-refractivity contribution < 1.29 is 23.1 Å². The van der Waals surface area contributed by atoms with Crippen LogP contribution in [-0.2, 0) is 19.5 Å². The third-order valence-corrected chi connectivity index (χ3v) is 7.17. The van der Waals surface area contributed by atoms with Crippen molar-refractivity contribution in [2.24, 2.45) is 0 Å². The Balaban J connectivity index is 1.93. The van der Waals surface area contributed by atoms with Crippen molar-refractivity contribution in [1.29, 1.82) is 5.41 Å². The number of amides is 2. The summed E-state index contributed by atoms with van der Waals surface area (Å²) in [4.78, 5) is 13.9. The number of amidine groups is 1. The van der Waals surface area contributed by atoms with E-state index in [1.165, 1.54) is 24.3 Å². The van der Waals surface area contributed by atoms with Gasteiger partial charge in [0.25, 0.3) is 0 Å². The second-order valence-electron chi connectivity index (χ2n) is 9.73. The lowest BCUT2D eigenvalue weighted by atomic mass is 9.82. The topological polar surface area (TPSA) is 94.2 Å². The predicted molar refractivity (Wildman–Crippen MR) is 151 cm³/mol. The fraction of sp³-hybridized carbons (Fsp3) is 0.393. The molecule has 1 heterocycles. The number of aliphatic hydroxyl groups is 1. The van der Waals surface area contributed by atoms with Crippen molar-refractivity contribution in [3.63, 3.8) is 0 Å². The average molecular weight is 598 g/mol. The monoisotopic (exact) mass is 597 g/mol. The van der Waals surface area contributed by atoms with E-state index < -0.39 is 36.6 Å². The number of carbonyl (C=O) groups excluding carboxylic acids is 1. The van der Waals surface area contributed by atoms with Crippen LogP contribution in [0.2, 0.25) is 5.02 Å². The molecule has 0 radical (unpaired) electrons. The highest BCUT2D eigenvalue weighted by molar-refractivity contribution is 6.34. The van der Waals surface area contributed by atoms with Crippen molar-refractivity contribution in [3.8, 4) is 0 Å². The molecule has 0 aliphatic heterocycles. The second kappa shape index (κ2) is 13.1. The first-order valence-corrected chi connectivity index (χ1v) is 13.5. The molecular weight excluding hydrogens is 566 g/mol. The van der Waals surface area contributed by atoms with Gasteiger partial charge in [-0.2, -0.15) is 18.3 Å². The van der Waals surface area contributed by atoms with Gasteiger partial charge in [-0.05, 0) is 62.1 Å². The Hall–Kier alpha value is -3.08. The number of aromatic nitrogens is 2. The van der Waals surface area contributed by atoms with Gasteiger partial charge < -0.3 is 10.4 Å². The van der Waals surface area contributed by atoms with Gasteiger partial charge in [-0.3, -0.25) is 10.3 Å². The van der Waals surface area contributed by atoms with Crippen LogP contribution in [0, 0.1) is 5.41 Å². The number of halogens is 5. The Kier molecular flexibility index (Phi) is 10.3. The molecule has 0 spiro atoms. The Morgan fingerprint density at radius 2 is 2.02 bits per heavy atom. The van der Waals surface area contributed by atoms with E-state index in [4.69, 9.17) is 33.7 Å². The highest BCUT2D eigenvalue weighted by Crippen LogP contribution is 2.36. The lowest BCUT2D eigenvalue weighted by molar-refractivity contribution is -0.135. The number of rotatable bonds is 9. The molecule has 1 aromatic heterocycles. The first kappa shape index (κ1) is 31.4. The summed E-state index contributed by atoms with van der Waals surface area (Å²) >= 11 is 12.5. The third kappa shape index (κ3) is 7.99. The van der Waals surface area contributed by atoms with Gasteiger partial charge in [-0.15, -0.1) is 0 Å². The van der Waals surface area contributed by atoms with E-state index in [1.54, 1.807) is 29.8 Å². The lowest BCUT2D eigenvalue weighted by Gasteiger charge is -2.29. The summed E-state index contributed by atoms with van der Waals surface area (Å²) in [5, 5.41) is 27.4. The maximum atomic E-state index is 13.2. The Morgan fingerprint density at radius 1 is 1.35 bits per heavy atom. The minimum atomic E-state index is -4.52. The van der Waals surface area contributed by atoms with Gasteiger partial charge in [0, 0.05) is 39.8 Å². The molecule has 1 atom stereocenters. The fourth-order valence-electron chi connectivity index (χ4n) is 4.49. The average Bonchev–Trinajstić information content (AvgIpc) is 3.22. The molecule has 2 aromatic rings. The zero-order valence-corrected chi connectivity index (χ0v) is 23.8. The molecule has 0 fully saturated rings. The molecule has 0 saturated carbocycles. The highest BCUT2D eigenvalue weighted by Gasteiger charge is 2.34. The van der Waals surface area contributed by atoms with Crippen LogP contribution < -0.4 is 5.32 Å². The molecule has 7 nitrogen and oxygen atoms in total. The zero-order chi connectivity index (χ0) is 29.7. The van der Waals surface area contributed by atoms with Gasteiger partial charge in [0.05, 0.1) is 17.7 Å². The first-order chi connectivity index (χ1) is 18.8. The summed E-state index contributed by atoms with van der Waals surface area (Å²) < 4.78 is 40.7. The van der Waals surface area contributed by atoms with Crippen LogP contribution in [0.15, 0.2) is 54.1 Å². The van der Waals surface area contributed by atoms with Crippen LogP contribution >= 0.6 is 23.2 Å². The maximum Gasteiger partial charge on any atom is 0.390 e. The number of urea groups is 1. The number of benzene rings is 1. The summed E-state index contributed by atoms with van der Waals surface area (Å²) in [7, 11) is 0. The van der Waals surface area contributed by atoms with Gasteiger partial charge in [-0.25, -0.2) is 9.48 Å². The van der Waals surface area contributed by atoms with Gasteiger partial charge in [0.2, 0.25) is 0 Å². The van der Waals surface area contributed by atoms with Gasteiger partial charge in [0.15, 0.2) is 0 Å². The summed E-state index contributed by atoms with van der Waals surface area (Å²) in [6.07, 6.45) is 0.989. The molecule has 12 heteroatoms. The second-order valence-corrected chi connectivity index (χ2v) is 10.6. The summed E-state index contributed by atoms with van der Waals surface area (Å²) in [6, 6.07) is 5.03. The summed E-state index contributed by atoms with van der Waals surface area (Å²) in [6.45, 7) is 6.43. The first-order valence-electron chi connectivity index (χ1n) is 12.7. The number of nitrogens with zero attached hydrogens (tertiary/aromatic N) is 3. The van der Waals surface area contributed by atoms with E-state index in [9.17, 15) is 23.1 Å². The predicted octanol–water partition coefficient (Wildman–Crippen LogP) is 6.83. The fourth-order valence-corrected chi connectivity index (χ4v) is 4.91. The molecule has 2 amide bonds. The molecule has 1 unspecified atom stereocenters. The van der Waals surface area contributed by atoms with Crippen LogP contribution in [-0.4, -0.2) is 50.0 Å². The van der Waals surface area contributed by atoms with E-state index in [2.05, 4.69) is 11.9 Å².